The molecule has 0 unspecified atom stereocenters. The number of rotatable bonds is 6. The Labute approximate surface area is 211 Å². The number of nitro groups is 1. The Morgan fingerprint density at radius 1 is 1.14 bits per heavy atom. The number of imide groups is 1. The van der Waals surface area contributed by atoms with Gasteiger partial charge in [-0.15, -0.1) is 0 Å². The van der Waals surface area contributed by atoms with Gasteiger partial charge in [0, 0.05) is 35.5 Å². The maximum atomic E-state index is 12.8. The molecule has 1 aromatic heterocycles. The van der Waals surface area contributed by atoms with Gasteiger partial charge in [0.15, 0.2) is 11.5 Å². The zero-order valence-electron chi connectivity index (χ0n) is 18.1. The van der Waals surface area contributed by atoms with Gasteiger partial charge in [-0.05, 0) is 42.1 Å². The third kappa shape index (κ3) is 4.63. The highest BCUT2D eigenvalue weighted by Crippen LogP contribution is 2.36. The van der Waals surface area contributed by atoms with Gasteiger partial charge in [0.05, 0.1) is 14.9 Å². The van der Waals surface area contributed by atoms with Gasteiger partial charge >= 0.3 is 0 Å². The lowest BCUT2D eigenvalue weighted by Crippen LogP contribution is -2.36. The van der Waals surface area contributed by atoms with Gasteiger partial charge in [-0.25, -0.2) is 0 Å². The number of nitrogens with one attached hydrogen (secondary N) is 1. The molecule has 2 aliphatic heterocycles. The molecule has 182 valence electrons. The Hall–Kier alpha value is -4.29. The highest BCUT2D eigenvalue weighted by Gasteiger charge is 2.36. The Bertz CT molecular complexity index is 1470. The van der Waals surface area contributed by atoms with Crippen LogP contribution < -0.4 is 14.8 Å². The summed E-state index contributed by atoms with van der Waals surface area (Å²) >= 11 is 6.81. The summed E-state index contributed by atoms with van der Waals surface area (Å²) in [7, 11) is 0. The summed E-state index contributed by atoms with van der Waals surface area (Å²) in [5, 5.41) is 13.3. The summed E-state index contributed by atoms with van der Waals surface area (Å²) in [6.45, 7) is -0.394. The fourth-order valence-electron chi connectivity index (χ4n) is 3.47. The molecule has 1 saturated heterocycles. The average Bonchev–Trinajstić information content (AvgIpc) is 3.56. The molecule has 0 saturated carbocycles. The molecule has 1 N–H and O–H groups in total. The number of fused-ring (bicyclic) bond motifs is 1. The van der Waals surface area contributed by atoms with Crippen LogP contribution in [0.25, 0.3) is 17.4 Å². The number of carbonyl (C=O) groups excluding carboxylic acids is 3. The Kier molecular flexibility index (Phi) is 6.12. The maximum absolute atomic E-state index is 12.8. The number of amides is 3. The van der Waals surface area contributed by atoms with E-state index in [0.717, 1.165) is 4.90 Å². The van der Waals surface area contributed by atoms with Crippen molar-refractivity contribution in [2.75, 3.05) is 18.7 Å². The average molecular weight is 528 g/mol. The number of non-ortho nitro benzene ring substituents is 1. The van der Waals surface area contributed by atoms with Crippen LogP contribution in [0, 0.1) is 10.1 Å². The number of nitrogens with zero attached hydrogens (tertiary/aromatic N) is 2. The number of halogens is 1. The van der Waals surface area contributed by atoms with Crippen molar-refractivity contribution < 1.29 is 33.2 Å². The highest BCUT2D eigenvalue weighted by atomic mass is 35.5. The number of benzene rings is 2. The van der Waals surface area contributed by atoms with E-state index in [2.05, 4.69) is 5.32 Å². The molecule has 0 spiro atoms. The summed E-state index contributed by atoms with van der Waals surface area (Å²) in [6.07, 6.45) is 1.36. The van der Waals surface area contributed by atoms with E-state index in [1.54, 1.807) is 24.3 Å². The number of hydrogen-bond donors (Lipinski definition) is 1. The summed E-state index contributed by atoms with van der Waals surface area (Å²) in [6, 6.07) is 11.8. The molecule has 36 heavy (non-hydrogen) atoms. The van der Waals surface area contributed by atoms with Crippen LogP contribution in [0.4, 0.5) is 16.2 Å². The van der Waals surface area contributed by atoms with Crippen molar-refractivity contribution in [3.8, 4) is 22.8 Å². The summed E-state index contributed by atoms with van der Waals surface area (Å²) in [5.74, 6) is 0.277. The van der Waals surface area contributed by atoms with Gasteiger partial charge < -0.3 is 19.2 Å². The first kappa shape index (κ1) is 23.5. The SMILES string of the molecule is O=C(CN1C(=O)S/C(=C/c2ccc(-c3cc([N+](=O)[O-])ccc3Cl)o2)C1=O)Nc1ccc2c(c1)OCO2. The quantitative estimate of drug-likeness (QED) is 0.269. The second kappa shape index (κ2) is 9.40. The molecule has 5 rings (SSSR count). The number of carbonyl (C=O) groups is 3. The molecule has 0 aliphatic carbocycles. The highest BCUT2D eigenvalue weighted by molar-refractivity contribution is 8.18. The van der Waals surface area contributed by atoms with Crippen LogP contribution in [-0.2, 0) is 9.59 Å². The van der Waals surface area contributed by atoms with Crippen molar-refractivity contribution in [1.82, 2.24) is 4.90 Å². The molecule has 1 fully saturated rings. The predicted octanol–water partition coefficient (Wildman–Crippen LogP) is 4.91. The van der Waals surface area contributed by atoms with Crippen LogP contribution in [0.3, 0.4) is 0 Å². The number of nitro benzene ring substituents is 1. The van der Waals surface area contributed by atoms with Crippen LogP contribution in [-0.4, -0.2) is 40.2 Å². The number of hydrogen-bond acceptors (Lipinski definition) is 9. The molecular weight excluding hydrogens is 514 g/mol. The minimum atomic E-state index is -0.655. The molecular formula is C23H14ClN3O8S. The molecule has 2 aliphatic rings. The zero-order chi connectivity index (χ0) is 25.4. The third-order valence-electron chi connectivity index (χ3n) is 5.16. The second-order valence-electron chi connectivity index (χ2n) is 7.51. The van der Waals surface area contributed by atoms with E-state index in [1.807, 2.05) is 0 Å². The van der Waals surface area contributed by atoms with Crippen molar-refractivity contribution in [2.45, 2.75) is 0 Å². The first-order valence-corrected chi connectivity index (χ1v) is 11.5. The minimum absolute atomic E-state index is 0.0573. The van der Waals surface area contributed by atoms with Gasteiger partial charge in [-0.1, -0.05) is 11.6 Å². The number of ether oxygens (including phenoxy) is 2. The Morgan fingerprint density at radius 3 is 2.75 bits per heavy atom. The maximum Gasteiger partial charge on any atom is 0.294 e. The standard InChI is InChI=1S/C23H14ClN3O8S/c24-16-4-2-13(27(31)32)8-15(16)17-6-3-14(35-17)9-20-22(29)26(23(30)36-20)10-21(28)25-12-1-5-18-19(7-12)34-11-33-18/h1-9H,10-11H2,(H,25,28)/b20-9+. The first-order chi connectivity index (χ1) is 17.3. The smallest absolute Gasteiger partial charge is 0.294 e. The van der Waals surface area contributed by atoms with Gasteiger partial charge in [-0.3, -0.25) is 29.4 Å². The second-order valence-corrected chi connectivity index (χ2v) is 8.91. The van der Waals surface area contributed by atoms with E-state index < -0.39 is 28.5 Å². The summed E-state index contributed by atoms with van der Waals surface area (Å²) < 4.78 is 16.2. The van der Waals surface area contributed by atoms with Crippen molar-refractivity contribution in [3.05, 3.63) is 74.3 Å². The monoisotopic (exact) mass is 527 g/mol. The van der Waals surface area contributed by atoms with Crippen molar-refractivity contribution >= 4 is 57.9 Å². The normalized spacial score (nSPS) is 15.6. The third-order valence-corrected chi connectivity index (χ3v) is 6.39. The Balaban J connectivity index is 1.28. The zero-order valence-corrected chi connectivity index (χ0v) is 19.6. The van der Waals surface area contributed by atoms with Crippen molar-refractivity contribution in [3.63, 3.8) is 0 Å². The number of thioether (sulfide) groups is 1. The summed E-state index contributed by atoms with van der Waals surface area (Å²) in [4.78, 5) is 49.0. The molecule has 13 heteroatoms. The van der Waals surface area contributed by atoms with Crippen LogP contribution in [0.5, 0.6) is 11.5 Å². The van der Waals surface area contributed by atoms with E-state index in [-0.39, 0.29) is 33.9 Å². The van der Waals surface area contributed by atoms with E-state index in [0.29, 0.717) is 34.5 Å². The molecule has 2 aromatic carbocycles. The lowest BCUT2D eigenvalue weighted by Gasteiger charge is -2.12. The van der Waals surface area contributed by atoms with Crippen LogP contribution in [0.1, 0.15) is 5.76 Å². The van der Waals surface area contributed by atoms with E-state index in [4.69, 9.17) is 25.5 Å². The van der Waals surface area contributed by atoms with Gasteiger partial charge in [-0.2, -0.15) is 0 Å². The van der Waals surface area contributed by atoms with E-state index in [9.17, 15) is 24.5 Å². The number of furan rings is 1. The van der Waals surface area contributed by atoms with Crippen LogP contribution >= 0.6 is 23.4 Å². The van der Waals surface area contributed by atoms with Crippen LogP contribution in [0.15, 0.2) is 57.9 Å². The predicted molar refractivity (Wildman–Crippen MR) is 130 cm³/mol. The van der Waals surface area contributed by atoms with Crippen molar-refractivity contribution in [2.24, 2.45) is 0 Å². The molecule has 3 aromatic rings. The lowest BCUT2D eigenvalue weighted by molar-refractivity contribution is -0.384. The van der Waals surface area contributed by atoms with Gasteiger partial charge in [0.1, 0.15) is 18.1 Å². The molecule has 0 atom stereocenters. The number of anilines is 1. The first-order valence-electron chi connectivity index (χ1n) is 10.3. The fourth-order valence-corrected chi connectivity index (χ4v) is 4.50. The Morgan fingerprint density at radius 2 is 1.94 bits per heavy atom. The molecule has 0 bridgehead atoms. The van der Waals surface area contributed by atoms with E-state index >= 15 is 0 Å². The molecule has 0 radical (unpaired) electrons. The minimum Gasteiger partial charge on any atom is -0.457 e. The molecule has 3 amide bonds. The van der Waals surface area contributed by atoms with Gasteiger partial charge in [0.2, 0.25) is 12.7 Å². The largest absolute Gasteiger partial charge is 0.457 e. The fraction of sp³-hybridized carbons (Fsp3) is 0.0870. The summed E-state index contributed by atoms with van der Waals surface area (Å²) in [5.41, 5.74) is 0.570. The molecule has 11 nitrogen and oxygen atoms in total. The molecule has 3 heterocycles. The topological polar surface area (TPSA) is 141 Å². The van der Waals surface area contributed by atoms with Gasteiger partial charge in [0.25, 0.3) is 16.8 Å². The lowest BCUT2D eigenvalue weighted by atomic mass is 10.1. The van der Waals surface area contributed by atoms with Crippen molar-refractivity contribution in [1.29, 1.82) is 0 Å². The van der Waals surface area contributed by atoms with E-state index in [1.165, 1.54) is 30.3 Å². The van der Waals surface area contributed by atoms with Crippen LogP contribution in [0.2, 0.25) is 5.02 Å².